The highest BCUT2D eigenvalue weighted by Crippen LogP contribution is 2.20. The van der Waals surface area contributed by atoms with Crippen LogP contribution in [0.15, 0.2) is 29.2 Å². The Labute approximate surface area is 165 Å². The summed E-state index contributed by atoms with van der Waals surface area (Å²) >= 11 is 0. The molecular formula is C18H27FN4O4S. The average Bonchev–Trinajstić information content (AvgIpc) is 2.61. The molecule has 1 fully saturated rings. The molecule has 0 atom stereocenters. The lowest BCUT2D eigenvalue weighted by atomic mass is 10.3. The first-order valence-corrected chi connectivity index (χ1v) is 10.6. The summed E-state index contributed by atoms with van der Waals surface area (Å²) in [7, 11) is -2.26. The number of amides is 2. The van der Waals surface area contributed by atoms with Gasteiger partial charge in [-0.05, 0) is 33.0 Å². The van der Waals surface area contributed by atoms with E-state index in [1.54, 1.807) is 16.8 Å². The Bertz CT molecular complexity index is 808. The van der Waals surface area contributed by atoms with Crippen molar-refractivity contribution in [1.82, 2.24) is 19.4 Å². The lowest BCUT2D eigenvalue weighted by Crippen LogP contribution is -2.52. The zero-order valence-electron chi connectivity index (χ0n) is 16.4. The van der Waals surface area contributed by atoms with Crippen LogP contribution >= 0.6 is 0 Å². The lowest BCUT2D eigenvalue weighted by Gasteiger charge is -2.34. The molecule has 1 aromatic carbocycles. The maximum absolute atomic E-state index is 13.9. The second kappa shape index (κ2) is 9.44. The van der Waals surface area contributed by atoms with Gasteiger partial charge < -0.3 is 10.2 Å². The number of benzene rings is 1. The number of halogens is 1. The summed E-state index contributed by atoms with van der Waals surface area (Å²) in [5.74, 6) is -1.13. The van der Waals surface area contributed by atoms with Gasteiger partial charge in [-0.2, -0.15) is 4.31 Å². The number of rotatable bonds is 7. The monoisotopic (exact) mass is 414 g/mol. The van der Waals surface area contributed by atoms with Gasteiger partial charge in [0.25, 0.3) is 0 Å². The third-order valence-electron chi connectivity index (χ3n) is 4.31. The van der Waals surface area contributed by atoms with Gasteiger partial charge in [-0.3, -0.25) is 14.5 Å². The van der Waals surface area contributed by atoms with Crippen LogP contribution in [-0.4, -0.2) is 86.7 Å². The SMILES string of the molecule is CC(C)NC(=O)CN(C)CC(=O)N1CCN(S(=O)(=O)c2ccccc2F)CC1. The summed E-state index contributed by atoms with van der Waals surface area (Å²) in [5.41, 5.74) is 0. The van der Waals surface area contributed by atoms with E-state index in [0.717, 1.165) is 6.07 Å². The van der Waals surface area contributed by atoms with Gasteiger partial charge in [0.15, 0.2) is 0 Å². The zero-order chi connectivity index (χ0) is 20.9. The highest BCUT2D eigenvalue weighted by molar-refractivity contribution is 7.89. The van der Waals surface area contributed by atoms with Crippen LogP contribution in [0.25, 0.3) is 0 Å². The number of nitrogens with one attached hydrogen (secondary N) is 1. The molecule has 10 heteroatoms. The van der Waals surface area contributed by atoms with Gasteiger partial charge >= 0.3 is 0 Å². The van der Waals surface area contributed by atoms with Crippen molar-refractivity contribution < 1.29 is 22.4 Å². The summed E-state index contributed by atoms with van der Waals surface area (Å²) < 4.78 is 40.3. The van der Waals surface area contributed by atoms with Crippen LogP contribution in [0, 0.1) is 5.82 Å². The van der Waals surface area contributed by atoms with Crippen molar-refractivity contribution in [2.45, 2.75) is 24.8 Å². The minimum atomic E-state index is -3.94. The molecule has 0 aromatic heterocycles. The summed E-state index contributed by atoms with van der Waals surface area (Å²) in [4.78, 5) is 27.0. The van der Waals surface area contributed by atoms with Gasteiger partial charge in [0, 0.05) is 32.2 Å². The molecule has 2 rings (SSSR count). The molecule has 1 aliphatic rings. The van der Waals surface area contributed by atoms with Crippen LogP contribution in [0.4, 0.5) is 4.39 Å². The molecule has 8 nitrogen and oxygen atoms in total. The average molecular weight is 415 g/mol. The Morgan fingerprint density at radius 1 is 1.14 bits per heavy atom. The normalized spacial score (nSPS) is 15.9. The Morgan fingerprint density at radius 3 is 2.32 bits per heavy atom. The van der Waals surface area contributed by atoms with Crippen molar-refractivity contribution in [2.75, 3.05) is 46.3 Å². The molecular weight excluding hydrogens is 387 g/mol. The van der Waals surface area contributed by atoms with E-state index in [9.17, 15) is 22.4 Å². The molecule has 28 heavy (non-hydrogen) atoms. The molecule has 0 spiro atoms. The van der Waals surface area contributed by atoms with Crippen LogP contribution in [0.1, 0.15) is 13.8 Å². The fraction of sp³-hybridized carbons (Fsp3) is 0.556. The molecule has 0 bridgehead atoms. The van der Waals surface area contributed by atoms with E-state index in [4.69, 9.17) is 0 Å². The first-order chi connectivity index (χ1) is 13.1. The molecule has 1 aliphatic heterocycles. The van der Waals surface area contributed by atoms with Gasteiger partial charge in [0.05, 0.1) is 13.1 Å². The molecule has 0 aliphatic carbocycles. The standard InChI is InChI=1S/C18H27FN4O4S/c1-14(2)20-17(24)12-21(3)13-18(25)22-8-10-23(11-9-22)28(26,27)16-7-5-4-6-15(16)19/h4-7,14H,8-13H2,1-3H3,(H,20,24). The van der Waals surface area contributed by atoms with Gasteiger partial charge in [-0.15, -0.1) is 0 Å². The second-order valence-electron chi connectivity index (χ2n) is 7.11. The molecule has 1 heterocycles. The van der Waals surface area contributed by atoms with E-state index in [1.165, 1.54) is 22.5 Å². The van der Waals surface area contributed by atoms with E-state index in [-0.39, 0.29) is 62.0 Å². The highest BCUT2D eigenvalue weighted by atomic mass is 32.2. The molecule has 0 radical (unpaired) electrons. The maximum atomic E-state index is 13.9. The van der Waals surface area contributed by atoms with Gasteiger partial charge in [0.2, 0.25) is 21.8 Å². The number of carbonyl (C=O) groups excluding carboxylic acids is 2. The van der Waals surface area contributed by atoms with E-state index in [1.807, 2.05) is 13.8 Å². The minimum Gasteiger partial charge on any atom is -0.353 e. The number of nitrogens with zero attached hydrogens (tertiary/aromatic N) is 3. The van der Waals surface area contributed by atoms with Crippen LogP contribution in [0.2, 0.25) is 0 Å². The summed E-state index contributed by atoms with van der Waals surface area (Å²) in [6.07, 6.45) is 0. The third-order valence-corrected chi connectivity index (χ3v) is 6.25. The smallest absolute Gasteiger partial charge is 0.246 e. The predicted molar refractivity (Wildman–Crippen MR) is 103 cm³/mol. The van der Waals surface area contributed by atoms with Gasteiger partial charge in [-0.25, -0.2) is 12.8 Å². The van der Waals surface area contributed by atoms with Crippen molar-refractivity contribution in [2.24, 2.45) is 0 Å². The lowest BCUT2D eigenvalue weighted by molar-refractivity contribution is -0.133. The first-order valence-electron chi connectivity index (χ1n) is 9.11. The van der Waals surface area contributed by atoms with E-state index in [2.05, 4.69) is 5.32 Å². The molecule has 2 amide bonds. The Morgan fingerprint density at radius 2 is 1.75 bits per heavy atom. The zero-order valence-corrected chi connectivity index (χ0v) is 17.2. The van der Waals surface area contributed by atoms with E-state index in [0.29, 0.717) is 0 Å². The molecule has 0 unspecified atom stereocenters. The number of piperazine rings is 1. The molecule has 1 aromatic rings. The van der Waals surface area contributed by atoms with Crippen molar-refractivity contribution >= 4 is 21.8 Å². The maximum Gasteiger partial charge on any atom is 0.246 e. The summed E-state index contributed by atoms with van der Waals surface area (Å²) in [6.45, 7) is 4.52. The quantitative estimate of drug-likeness (QED) is 0.684. The highest BCUT2D eigenvalue weighted by Gasteiger charge is 2.31. The summed E-state index contributed by atoms with van der Waals surface area (Å²) in [5, 5.41) is 2.76. The number of likely N-dealkylation sites (N-methyl/N-ethyl adjacent to an activating group) is 1. The predicted octanol–water partition coefficient (Wildman–Crippen LogP) is 0.115. The topological polar surface area (TPSA) is 90.0 Å². The number of hydrogen-bond donors (Lipinski definition) is 1. The number of sulfonamides is 1. The Hall–Kier alpha value is -2.04. The van der Waals surface area contributed by atoms with Crippen molar-refractivity contribution in [3.8, 4) is 0 Å². The molecule has 156 valence electrons. The largest absolute Gasteiger partial charge is 0.353 e. The molecule has 0 saturated carbocycles. The second-order valence-corrected chi connectivity index (χ2v) is 9.02. The third kappa shape index (κ3) is 5.73. The fourth-order valence-electron chi connectivity index (χ4n) is 2.97. The molecule has 1 N–H and O–H groups in total. The van der Waals surface area contributed by atoms with Gasteiger partial charge in [0.1, 0.15) is 10.7 Å². The first kappa shape index (κ1) is 22.3. The van der Waals surface area contributed by atoms with Crippen molar-refractivity contribution in [1.29, 1.82) is 0 Å². The van der Waals surface area contributed by atoms with Crippen LogP contribution < -0.4 is 5.32 Å². The van der Waals surface area contributed by atoms with E-state index >= 15 is 0 Å². The van der Waals surface area contributed by atoms with Crippen molar-refractivity contribution in [3.05, 3.63) is 30.1 Å². The molecule has 1 saturated heterocycles. The number of hydrogen-bond acceptors (Lipinski definition) is 5. The van der Waals surface area contributed by atoms with E-state index < -0.39 is 15.8 Å². The summed E-state index contributed by atoms with van der Waals surface area (Å²) in [6, 6.07) is 5.28. The van der Waals surface area contributed by atoms with Crippen molar-refractivity contribution in [3.63, 3.8) is 0 Å². The van der Waals surface area contributed by atoms with Crippen LogP contribution in [-0.2, 0) is 19.6 Å². The Kier molecular flexibility index (Phi) is 7.50. The fourth-order valence-corrected chi connectivity index (χ4v) is 4.46. The van der Waals surface area contributed by atoms with Crippen LogP contribution in [0.3, 0.4) is 0 Å². The van der Waals surface area contributed by atoms with Crippen LogP contribution in [0.5, 0.6) is 0 Å². The van der Waals surface area contributed by atoms with Gasteiger partial charge in [-0.1, -0.05) is 12.1 Å². The number of carbonyl (C=O) groups is 2. The minimum absolute atomic E-state index is 0.0288. The Balaban J connectivity index is 1.88.